The Morgan fingerprint density at radius 3 is 1.86 bits per heavy atom. The Morgan fingerprint density at radius 2 is 1.86 bits per heavy atom. The molecule has 0 spiro atoms. The maximum Gasteiger partial charge on any atom is 0.154 e. The lowest BCUT2D eigenvalue weighted by Crippen LogP contribution is -2.21. The number of aliphatic hydroxyl groups is 2. The van der Waals surface area contributed by atoms with Crippen LogP contribution in [0.15, 0.2) is 0 Å². The molecular formula is C3H6Cl2O2. The highest BCUT2D eigenvalue weighted by Crippen LogP contribution is 1.98. The summed E-state index contributed by atoms with van der Waals surface area (Å²) in [5.41, 5.74) is -1.24. The molecular weight excluding hydrogens is 139 g/mol. The van der Waals surface area contributed by atoms with Gasteiger partial charge in [0.05, 0.1) is 5.88 Å². The maximum atomic E-state index is 8.42. The lowest BCUT2D eigenvalue weighted by atomic mass is 10.4. The first kappa shape index (κ1) is 7.50. The maximum absolute atomic E-state index is 8.42. The SMILES string of the molecule is OC(CCl)[C@H](O)Cl. The van der Waals surface area contributed by atoms with Gasteiger partial charge in [-0.05, 0) is 0 Å². The molecule has 4 heteroatoms. The summed E-state index contributed by atoms with van der Waals surface area (Å²) in [6, 6.07) is 0. The number of alkyl halides is 2. The quantitative estimate of drug-likeness (QED) is 0.542. The van der Waals surface area contributed by atoms with Crippen molar-refractivity contribution in [3.63, 3.8) is 0 Å². The van der Waals surface area contributed by atoms with Crippen LogP contribution in [0.4, 0.5) is 0 Å². The molecule has 7 heavy (non-hydrogen) atoms. The minimum atomic E-state index is -1.24. The standard InChI is InChI=1S/C3H6Cl2O2/c4-1-2(6)3(5)7/h2-3,6-7H,1H2/t2?,3-/m0/s1. The second-order valence-corrected chi connectivity index (χ2v) is 1.85. The molecule has 2 atom stereocenters. The van der Waals surface area contributed by atoms with Crippen LogP contribution in [0, 0.1) is 0 Å². The van der Waals surface area contributed by atoms with Crippen molar-refractivity contribution in [3.8, 4) is 0 Å². The Bertz CT molecular complexity index is 48.2. The molecule has 0 aromatic carbocycles. The Balaban J connectivity index is 3.14. The van der Waals surface area contributed by atoms with Gasteiger partial charge in [0.15, 0.2) is 5.56 Å². The average molecular weight is 145 g/mol. The summed E-state index contributed by atoms with van der Waals surface area (Å²) < 4.78 is 0. The summed E-state index contributed by atoms with van der Waals surface area (Å²) in [6.07, 6.45) is -1.01. The van der Waals surface area contributed by atoms with Crippen LogP contribution in [0.25, 0.3) is 0 Å². The molecule has 0 aliphatic rings. The van der Waals surface area contributed by atoms with Gasteiger partial charge in [0.1, 0.15) is 6.10 Å². The second kappa shape index (κ2) is 3.50. The first-order chi connectivity index (χ1) is 3.18. The molecule has 1 unspecified atom stereocenters. The van der Waals surface area contributed by atoms with Crippen molar-refractivity contribution >= 4 is 23.2 Å². The summed E-state index contributed by atoms with van der Waals surface area (Å²) in [5.74, 6) is -0.0370. The fraction of sp³-hybridized carbons (Fsp3) is 1.00. The highest BCUT2D eigenvalue weighted by Gasteiger charge is 2.09. The smallest absolute Gasteiger partial charge is 0.154 e. The monoisotopic (exact) mass is 144 g/mol. The van der Waals surface area contributed by atoms with Crippen molar-refractivity contribution in [2.24, 2.45) is 0 Å². The largest absolute Gasteiger partial charge is 0.388 e. The zero-order valence-electron chi connectivity index (χ0n) is 3.51. The first-order valence-corrected chi connectivity index (χ1v) is 2.71. The van der Waals surface area contributed by atoms with E-state index in [1.165, 1.54) is 0 Å². The highest BCUT2D eigenvalue weighted by molar-refractivity contribution is 6.22. The van der Waals surface area contributed by atoms with Gasteiger partial charge in [-0.2, -0.15) is 0 Å². The topological polar surface area (TPSA) is 40.5 Å². The van der Waals surface area contributed by atoms with Crippen LogP contribution in [-0.4, -0.2) is 27.8 Å². The van der Waals surface area contributed by atoms with Gasteiger partial charge in [-0.1, -0.05) is 11.6 Å². The molecule has 0 aromatic rings. The van der Waals surface area contributed by atoms with E-state index in [0.29, 0.717) is 0 Å². The van der Waals surface area contributed by atoms with Gasteiger partial charge >= 0.3 is 0 Å². The van der Waals surface area contributed by atoms with Crippen LogP contribution in [0.2, 0.25) is 0 Å². The number of hydrogen-bond donors (Lipinski definition) is 2. The molecule has 0 amide bonds. The van der Waals surface area contributed by atoms with Crippen molar-refractivity contribution in [1.82, 2.24) is 0 Å². The minimum Gasteiger partial charge on any atom is -0.388 e. The van der Waals surface area contributed by atoms with Gasteiger partial charge in [0.25, 0.3) is 0 Å². The van der Waals surface area contributed by atoms with Crippen LogP contribution in [-0.2, 0) is 0 Å². The van der Waals surface area contributed by atoms with Crippen molar-refractivity contribution in [2.45, 2.75) is 11.7 Å². The van der Waals surface area contributed by atoms with E-state index in [0.717, 1.165) is 0 Å². The van der Waals surface area contributed by atoms with Crippen molar-refractivity contribution in [2.75, 3.05) is 5.88 Å². The normalized spacial score (nSPS) is 18.9. The van der Waals surface area contributed by atoms with Crippen molar-refractivity contribution in [1.29, 1.82) is 0 Å². The van der Waals surface area contributed by atoms with Crippen LogP contribution in [0.5, 0.6) is 0 Å². The van der Waals surface area contributed by atoms with Gasteiger partial charge < -0.3 is 10.2 Å². The van der Waals surface area contributed by atoms with E-state index in [1.54, 1.807) is 0 Å². The molecule has 0 saturated carbocycles. The predicted octanol–water partition coefficient (Wildman–Crippen LogP) is 0.143. The van der Waals surface area contributed by atoms with Gasteiger partial charge in [0.2, 0.25) is 0 Å². The van der Waals surface area contributed by atoms with E-state index in [1.807, 2.05) is 0 Å². The molecule has 2 nitrogen and oxygen atoms in total. The summed E-state index contributed by atoms with van der Waals surface area (Å²) in [4.78, 5) is 0. The van der Waals surface area contributed by atoms with Crippen LogP contribution in [0.1, 0.15) is 0 Å². The number of rotatable bonds is 2. The van der Waals surface area contributed by atoms with E-state index in [9.17, 15) is 0 Å². The van der Waals surface area contributed by atoms with Crippen LogP contribution >= 0.6 is 23.2 Å². The van der Waals surface area contributed by atoms with Crippen molar-refractivity contribution < 1.29 is 10.2 Å². The zero-order valence-corrected chi connectivity index (χ0v) is 5.02. The minimum absolute atomic E-state index is 0.0370. The lowest BCUT2D eigenvalue weighted by molar-refractivity contribution is 0.0851. The molecule has 0 saturated heterocycles. The summed E-state index contributed by atoms with van der Waals surface area (Å²) >= 11 is 10.0. The fourth-order valence-electron chi connectivity index (χ4n) is 0.0735. The van der Waals surface area contributed by atoms with E-state index < -0.39 is 11.7 Å². The third-order valence-electron chi connectivity index (χ3n) is 0.476. The molecule has 0 fully saturated rings. The molecule has 0 aliphatic carbocycles. The fourth-order valence-corrected chi connectivity index (χ4v) is 0.423. The third-order valence-corrected chi connectivity index (χ3v) is 1.08. The van der Waals surface area contributed by atoms with Crippen LogP contribution < -0.4 is 0 Å². The molecule has 0 heterocycles. The van der Waals surface area contributed by atoms with E-state index >= 15 is 0 Å². The molecule has 2 N–H and O–H groups in total. The summed E-state index contributed by atoms with van der Waals surface area (Å²) in [5, 5.41) is 16.7. The van der Waals surface area contributed by atoms with Gasteiger partial charge in [0, 0.05) is 0 Å². The average Bonchev–Trinajstić information content (AvgIpc) is 1.65. The number of hydrogen-bond acceptors (Lipinski definition) is 2. The number of aliphatic hydroxyl groups excluding tert-OH is 2. The van der Waals surface area contributed by atoms with Crippen molar-refractivity contribution in [3.05, 3.63) is 0 Å². The van der Waals surface area contributed by atoms with E-state index in [-0.39, 0.29) is 5.88 Å². The van der Waals surface area contributed by atoms with E-state index in [2.05, 4.69) is 0 Å². The molecule has 44 valence electrons. The van der Waals surface area contributed by atoms with Gasteiger partial charge in [-0.15, -0.1) is 11.6 Å². The highest BCUT2D eigenvalue weighted by atomic mass is 35.5. The predicted molar refractivity (Wildman–Crippen MR) is 28.6 cm³/mol. The number of halogens is 2. The second-order valence-electron chi connectivity index (χ2n) is 1.09. The molecule has 0 bridgehead atoms. The Hall–Kier alpha value is 0.500. The van der Waals surface area contributed by atoms with E-state index in [4.69, 9.17) is 33.4 Å². The Morgan fingerprint density at radius 1 is 1.43 bits per heavy atom. The van der Waals surface area contributed by atoms with Gasteiger partial charge in [-0.3, -0.25) is 0 Å². The lowest BCUT2D eigenvalue weighted by Gasteiger charge is -2.04. The van der Waals surface area contributed by atoms with Crippen LogP contribution in [0.3, 0.4) is 0 Å². The molecule has 0 rings (SSSR count). The molecule has 0 radical (unpaired) electrons. The molecule has 0 aliphatic heterocycles. The Labute approximate surface area is 51.7 Å². The Kier molecular flexibility index (Phi) is 3.75. The summed E-state index contributed by atoms with van der Waals surface area (Å²) in [6.45, 7) is 0. The summed E-state index contributed by atoms with van der Waals surface area (Å²) in [7, 11) is 0. The first-order valence-electron chi connectivity index (χ1n) is 1.74. The molecule has 0 aromatic heterocycles. The van der Waals surface area contributed by atoms with Gasteiger partial charge in [-0.25, -0.2) is 0 Å². The third kappa shape index (κ3) is 3.12. The zero-order chi connectivity index (χ0) is 5.86.